The second kappa shape index (κ2) is 15.7. The van der Waals surface area contributed by atoms with E-state index < -0.39 is 0 Å². The minimum Gasteiger partial charge on any atom is -0.454 e. The lowest BCUT2D eigenvalue weighted by Gasteiger charge is -2.28. The molecule has 0 spiro atoms. The lowest BCUT2D eigenvalue weighted by atomic mass is 9.34. The fourth-order valence-corrected chi connectivity index (χ4v) is 12.4. The van der Waals surface area contributed by atoms with Crippen LogP contribution in [-0.4, -0.2) is 6.71 Å². The Kier molecular flexibility index (Phi) is 9.36. The summed E-state index contributed by atoms with van der Waals surface area (Å²) in [5, 5.41) is 14.7. The molecule has 0 saturated heterocycles. The molecule has 0 aliphatic carbocycles. The van der Waals surface area contributed by atoms with Gasteiger partial charge in [-0.15, -0.1) is 0 Å². The molecule has 12 aromatic carbocycles. The van der Waals surface area contributed by atoms with Gasteiger partial charge in [-0.25, -0.2) is 0 Å². The maximum absolute atomic E-state index is 6.76. The van der Waals surface area contributed by atoms with Gasteiger partial charge in [0.05, 0.1) is 11.4 Å². The van der Waals surface area contributed by atoms with Gasteiger partial charge >= 0.3 is 0 Å². The summed E-state index contributed by atoms with van der Waals surface area (Å²) in [7, 11) is 0. The number of furan rings is 1. The van der Waals surface area contributed by atoms with E-state index in [0.717, 1.165) is 39.0 Å². The highest BCUT2D eigenvalue weighted by atomic mass is 16.3. The van der Waals surface area contributed by atoms with Crippen molar-refractivity contribution in [2.24, 2.45) is 0 Å². The van der Waals surface area contributed by atoms with E-state index in [1.165, 1.54) is 115 Å². The zero-order valence-electron chi connectivity index (χ0n) is 39.9. The van der Waals surface area contributed by atoms with E-state index in [4.69, 9.17) is 4.42 Å². The minimum absolute atomic E-state index is 0.122. The van der Waals surface area contributed by atoms with Crippen LogP contribution >= 0.6 is 0 Å². The molecule has 69 heavy (non-hydrogen) atoms. The normalized spacial score (nSPS) is 11.9. The summed E-state index contributed by atoms with van der Waals surface area (Å²) in [5.41, 5.74) is 19.6. The van der Waals surface area contributed by atoms with E-state index >= 15 is 0 Å². The molecule has 0 aliphatic rings. The molecular formula is C66H50BNO. The monoisotopic (exact) mass is 883 g/mol. The van der Waals surface area contributed by atoms with Gasteiger partial charge in [-0.3, -0.25) is 0 Å². The summed E-state index contributed by atoms with van der Waals surface area (Å²) < 4.78 is 6.76. The fourth-order valence-electron chi connectivity index (χ4n) is 12.4. The molecule has 13 aromatic rings. The molecule has 0 amide bonds. The first-order chi connectivity index (χ1) is 33.7. The largest absolute Gasteiger partial charge is 0.454 e. The number of benzene rings is 12. The molecule has 0 fully saturated rings. The third kappa shape index (κ3) is 6.41. The van der Waals surface area contributed by atoms with Crippen molar-refractivity contribution in [3.8, 4) is 11.1 Å². The van der Waals surface area contributed by atoms with E-state index in [1.54, 1.807) is 0 Å². The molecule has 0 unspecified atom stereocenters. The molecule has 0 atom stereocenters. The van der Waals surface area contributed by atoms with Gasteiger partial charge in [0.2, 0.25) is 6.71 Å². The number of hydrogen-bond acceptors (Lipinski definition) is 2. The maximum atomic E-state index is 6.76. The molecular weight excluding hydrogens is 834 g/mol. The molecule has 1 aromatic heterocycles. The quantitative estimate of drug-likeness (QED) is 0.0901. The van der Waals surface area contributed by atoms with Crippen LogP contribution in [0.25, 0.3) is 86.9 Å². The van der Waals surface area contributed by atoms with Crippen molar-refractivity contribution < 1.29 is 4.42 Å². The zero-order chi connectivity index (χ0) is 46.7. The number of aryl methyl sites for hydroxylation is 6. The summed E-state index contributed by atoms with van der Waals surface area (Å²) in [6, 6.07) is 72.3. The summed E-state index contributed by atoms with van der Waals surface area (Å²) in [6.45, 7) is 13.7. The lowest BCUT2D eigenvalue weighted by Crippen LogP contribution is -2.55. The number of fused-ring (bicyclic) bond motifs is 7. The highest BCUT2D eigenvalue weighted by Crippen LogP contribution is 2.50. The van der Waals surface area contributed by atoms with Crippen LogP contribution in [0.15, 0.2) is 199 Å². The smallest absolute Gasteiger partial charge is 0.242 e. The standard InChI is InChI=1S/C66H50BNO/c1-39-33-41(3)64(42(4)34-39)67(65-43(5)35-40(2)36-44(65)6)49-28-25-46-37-48(24-23-47(46)38-49)51-30-31-56-52-17-10-11-19-54(52)63-58(32-27-45-26-29-55(51)62(56)61(45)63)68(50-15-8-7-9-16-50)59-21-14-20-57-53-18-12-13-22-60(53)69-66(57)59/h7-38H,1-6H3. The van der Waals surface area contributed by atoms with Gasteiger partial charge in [-0.05, 0) is 132 Å². The summed E-state index contributed by atoms with van der Waals surface area (Å²) >= 11 is 0. The van der Waals surface area contributed by atoms with E-state index in [-0.39, 0.29) is 6.71 Å². The molecule has 0 N–H and O–H groups in total. The Morgan fingerprint density at radius 3 is 1.70 bits per heavy atom. The van der Waals surface area contributed by atoms with Crippen molar-refractivity contribution in [2.75, 3.05) is 4.90 Å². The summed E-state index contributed by atoms with van der Waals surface area (Å²) in [4.78, 5) is 2.41. The van der Waals surface area contributed by atoms with Crippen molar-refractivity contribution in [3.63, 3.8) is 0 Å². The van der Waals surface area contributed by atoms with Crippen LogP contribution in [0.1, 0.15) is 33.4 Å². The Bertz CT molecular complexity index is 4110. The predicted octanol–water partition coefficient (Wildman–Crippen LogP) is 16.3. The van der Waals surface area contributed by atoms with Gasteiger partial charge in [0.1, 0.15) is 5.58 Å². The first kappa shape index (κ1) is 41.1. The first-order valence-corrected chi connectivity index (χ1v) is 24.3. The molecule has 3 heteroatoms. The molecule has 2 nitrogen and oxygen atoms in total. The molecule has 0 saturated carbocycles. The van der Waals surface area contributed by atoms with Crippen LogP contribution in [0.5, 0.6) is 0 Å². The van der Waals surface area contributed by atoms with Crippen molar-refractivity contribution in [1.82, 2.24) is 0 Å². The second-order valence-corrected chi connectivity index (χ2v) is 19.6. The molecule has 1 heterocycles. The van der Waals surface area contributed by atoms with Crippen LogP contribution < -0.4 is 21.3 Å². The number of rotatable bonds is 7. The third-order valence-electron chi connectivity index (χ3n) is 15.1. The van der Waals surface area contributed by atoms with Gasteiger partial charge in [0, 0.05) is 27.2 Å². The van der Waals surface area contributed by atoms with E-state index in [2.05, 4.69) is 234 Å². The van der Waals surface area contributed by atoms with Gasteiger partial charge in [-0.1, -0.05) is 207 Å². The Morgan fingerprint density at radius 2 is 0.957 bits per heavy atom. The molecule has 328 valence electrons. The Morgan fingerprint density at radius 1 is 0.377 bits per heavy atom. The number of para-hydroxylation sites is 3. The van der Waals surface area contributed by atoms with Crippen molar-refractivity contribution in [1.29, 1.82) is 0 Å². The topological polar surface area (TPSA) is 16.4 Å². The molecule has 0 aliphatic heterocycles. The highest BCUT2D eigenvalue weighted by Gasteiger charge is 2.29. The Labute approximate surface area is 403 Å². The highest BCUT2D eigenvalue weighted by molar-refractivity contribution is 6.96. The van der Waals surface area contributed by atoms with E-state index in [0.29, 0.717) is 0 Å². The molecule has 0 bridgehead atoms. The van der Waals surface area contributed by atoms with Gasteiger partial charge in [-0.2, -0.15) is 0 Å². The van der Waals surface area contributed by atoms with Crippen molar-refractivity contribution in [2.45, 2.75) is 41.5 Å². The zero-order valence-corrected chi connectivity index (χ0v) is 39.9. The van der Waals surface area contributed by atoms with Gasteiger partial charge in [0.25, 0.3) is 0 Å². The van der Waals surface area contributed by atoms with E-state index in [9.17, 15) is 0 Å². The van der Waals surface area contributed by atoms with Crippen LogP contribution in [0.2, 0.25) is 0 Å². The first-order valence-electron chi connectivity index (χ1n) is 24.3. The lowest BCUT2D eigenvalue weighted by molar-refractivity contribution is 0.669. The SMILES string of the molecule is Cc1cc(C)c(B(c2ccc3cc(-c4ccc5c6ccccc6c6c(N(c7ccccc7)c7cccc8c7oc7ccccc78)ccc7ccc4c5c76)ccc3c2)c2c(C)cc(C)cc2C)c(C)c1. The average Bonchev–Trinajstić information content (AvgIpc) is 3.74. The number of hydrogen-bond donors (Lipinski definition) is 0. The molecule has 0 radical (unpaired) electrons. The maximum Gasteiger partial charge on any atom is 0.242 e. The number of nitrogens with zero attached hydrogens (tertiary/aromatic N) is 1. The predicted molar refractivity (Wildman–Crippen MR) is 299 cm³/mol. The van der Waals surface area contributed by atoms with Crippen LogP contribution in [0.4, 0.5) is 17.1 Å². The summed E-state index contributed by atoms with van der Waals surface area (Å²) in [5.74, 6) is 0. The van der Waals surface area contributed by atoms with Crippen molar-refractivity contribution in [3.05, 3.63) is 228 Å². The second-order valence-electron chi connectivity index (χ2n) is 19.6. The van der Waals surface area contributed by atoms with Crippen LogP contribution in [-0.2, 0) is 0 Å². The van der Waals surface area contributed by atoms with Crippen molar-refractivity contribution >= 4 is 116 Å². The average molecular weight is 884 g/mol. The minimum atomic E-state index is 0.122. The van der Waals surface area contributed by atoms with Gasteiger partial charge in [0.15, 0.2) is 5.58 Å². The van der Waals surface area contributed by atoms with Crippen LogP contribution in [0.3, 0.4) is 0 Å². The third-order valence-corrected chi connectivity index (χ3v) is 15.1. The van der Waals surface area contributed by atoms with Gasteiger partial charge < -0.3 is 9.32 Å². The van der Waals surface area contributed by atoms with E-state index in [1.807, 2.05) is 6.07 Å². The fraction of sp³-hybridized carbons (Fsp3) is 0.0909. The number of anilines is 3. The molecule has 13 rings (SSSR count). The Balaban J connectivity index is 1.01. The summed E-state index contributed by atoms with van der Waals surface area (Å²) in [6.07, 6.45) is 0. The van der Waals surface area contributed by atoms with Crippen LogP contribution in [0, 0.1) is 41.5 Å². The Hall–Kier alpha value is -8.14.